The third-order valence-corrected chi connectivity index (χ3v) is 5.20. The maximum absolute atomic E-state index is 12.9. The van der Waals surface area contributed by atoms with Crippen LogP contribution in [0.5, 0.6) is 0 Å². The van der Waals surface area contributed by atoms with Gasteiger partial charge in [0.05, 0.1) is 6.10 Å². The summed E-state index contributed by atoms with van der Waals surface area (Å²) in [6.45, 7) is 5.53. The summed E-state index contributed by atoms with van der Waals surface area (Å²) in [4.78, 5) is 24.1. The van der Waals surface area contributed by atoms with Crippen molar-refractivity contribution >= 4 is 17.7 Å². The van der Waals surface area contributed by atoms with E-state index in [1.165, 1.54) is 12.1 Å². The van der Waals surface area contributed by atoms with E-state index in [9.17, 15) is 14.0 Å². The summed E-state index contributed by atoms with van der Waals surface area (Å²) < 4.78 is 18.0. The van der Waals surface area contributed by atoms with E-state index in [4.69, 9.17) is 4.74 Å². The van der Waals surface area contributed by atoms with Crippen LogP contribution in [0.1, 0.15) is 40.0 Å². The molecule has 1 atom stereocenters. The van der Waals surface area contributed by atoms with Crippen molar-refractivity contribution in [3.63, 3.8) is 0 Å². The molecule has 0 saturated heterocycles. The lowest BCUT2D eigenvalue weighted by Gasteiger charge is -2.72. The van der Waals surface area contributed by atoms with Gasteiger partial charge in [-0.3, -0.25) is 4.79 Å². The monoisotopic (exact) mass is 334 g/mol. The number of benzene rings is 1. The van der Waals surface area contributed by atoms with Gasteiger partial charge >= 0.3 is 6.09 Å². The molecule has 6 heteroatoms. The standard InChI is InChI=1S/C18H23FN2O3/c1-11(2)24-16(23)21-18-8-17(9-18,10-18)12(3)15(22)20-14-6-4-13(19)5-7-14/h4-7,11-12H,8-10H2,1-3H3,(H,20,22)(H,21,23)/t12-,17?,18?/m1/s1. The number of nitrogens with one attached hydrogen (secondary N) is 2. The Hall–Kier alpha value is -2.11. The molecule has 0 heterocycles. The second kappa shape index (κ2) is 5.76. The number of anilines is 1. The van der Waals surface area contributed by atoms with Gasteiger partial charge in [0.15, 0.2) is 0 Å². The Morgan fingerprint density at radius 3 is 2.25 bits per heavy atom. The van der Waals surface area contributed by atoms with E-state index in [-0.39, 0.29) is 40.8 Å². The first-order valence-electron chi connectivity index (χ1n) is 8.29. The van der Waals surface area contributed by atoms with Crippen molar-refractivity contribution in [1.82, 2.24) is 5.32 Å². The first kappa shape index (κ1) is 16.7. The Morgan fingerprint density at radius 1 is 1.12 bits per heavy atom. The molecule has 2 N–H and O–H groups in total. The van der Waals surface area contributed by atoms with E-state index >= 15 is 0 Å². The molecule has 0 spiro atoms. The molecule has 0 radical (unpaired) electrons. The molecule has 0 aromatic heterocycles. The number of amides is 2. The first-order chi connectivity index (χ1) is 11.2. The first-order valence-corrected chi connectivity index (χ1v) is 8.29. The van der Waals surface area contributed by atoms with Crippen molar-refractivity contribution in [3.05, 3.63) is 30.1 Å². The molecular weight excluding hydrogens is 311 g/mol. The van der Waals surface area contributed by atoms with Gasteiger partial charge in [0.1, 0.15) is 5.82 Å². The Labute approximate surface area is 141 Å². The maximum atomic E-state index is 12.9. The summed E-state index contributed by atoms with van der Waals surface area (Å²) >= 11 is 0. The van der Waals surface area contributed by atoms with Crippen LogP contribution in [0.4, 0.5) is 14.9 Å². The Bertz CT molecular complexity index is 637. The zero-order valence-corrected chi connectivity index (χ0v) is 14.2. The van der Waals surface area contributed by atoms with Gasteiger partial charge in [-0.15, -0.1) is 0 Å². The SMILES string of the molecule is CC(C)OC(=O)NC12CC([C@H](C)C(=O)Nc3ccc(F)cc3)(C1)C2. The zero-order chi connectivity index (χ0) is 17.5. The van der Waals surface area contributed by atoms with Crippen molar-refractivity contribution in [2.75, 3.05) is 5.32 Å². The second-order valence-corrected chi connectivity index (χ2v) is 7.47. The molecule has 3 aliphatic carbocycles. The van der Waals surface area contributed by atoms with Crippen LogP contribution in [0.25, 0.3) is 0 Å². The van der Waals surface area contributed by atoms with Crippen LogP contribution in [-0.2, 0) is 9.53 Å². The lowest BCUT2D eigenvalue weighted by Crippen LogP contribution is -2.77. The molecule has 5 nitrogen and oxygen atoms in total. The van der Waals surface area contributed by atoms with Crippen LogP contribution in [0.2, 0.25) is 0 Å². The molecule has 3 fully saturated rings. The summed E-state index contributed by atoms with van der Waals surface area (Å²) in [6, 6.07) is 5.74. The second-order valence-electron chi connectivity index (χ2n) is 7.47. The van der Waals surface area contributed by atoms with Crippen LogP contribution in [0, 0.1) is 17.2 Å². The molecule has 3 saturated carbocycles. The van der Waals surface area contributed by atoms with Crippen LogP contribution in [-0.4, -0.2) is 23.6 Å². The van der Waals surface area contributed by atoms with Gasteiger partial charge in [-0.2, -0.15) is 0 Å². The normalized spacial score (nSPS) is 28.4. The van der Waals surface area contributed by atoms with E-state index in [0.29, 0.717) is 5.69 Å². The van der Waals surface area contributed by atoms with Gasteiger partial charge in [-0.1, -0.05) is 6.92 Å². The Balaban J connectivity index is 1.51. The molecule has 4 rings (SSSR count). The Kier molecular flexibility index (Phi) is 4.01. The highest BCUT2D eigenvalue weighted by Gasteiger charge is 2.71. The third-order valence-electron chi connectivity index (χ3n) is 5.20. The molecule has 2 bridgehead atoms. The maximum Gasteiger partial charge on any atom is 0.407 e. The third kappa shape index (κ3) is 2.97. The van der Waals surface area contributed by atoms with Gasteiger partial charge in [0.2, 0.25) is 5.91 Å². The van der Waals surface area contributed by atoms with Crippen LogP contribution in [0.3, 0.4) is 0 Å². The highest BCUT2D eigenvalue weighted by molar-refractivity contribution is 5.93. The van der Waals surface area contributed by atoms with Crippen LogP contribution < -0.4 is 10.6 Å². The van der Waals surface area contributed by atoms with E-state index in [2.05, 4.69) is 10.6 Å². The summed E-state index contributed by atoms with van der Waals surface area (Å²) in [5.74, 6) is -0.561. The predicted octanol–water partition coefficient (Wildman–Crippen LogP) is 3.46. The van der Waals surface area contributed by atoms with Crippen LogP contribution >= 0.6 is 0 Å². The summed E-state index contributed by atoms with van der Waals surface area (Å²) in [5.41, 5.74) is 0.346. The summed E-state index contributed by atoms with van der Waals surface area (Å²) in [7, 11) is 0. The number of rotatable bonds is 5. The molecule has 1 aromatic carbocycles. The molecule has 1 aromatic rings. The lowest BCUT2D eigenvalue weighted by atomic mass is 9.36. The molecule has 2 amide bonds. The van der Waals surface area contributed by atoms with E-state index in [0.717, 1.165) is 19.3 Å². The fourth-order valence-electron chi connectivity index (χ4n) is 3.98. The molecular formula is C18H23FN2O3. The van der Waals surface area contributed by atoms with E-state index in [1.807, 2.05) is 20.8 Å². The highest BCUT2D eigenvalue weighted by Crippen LogP contribution is 2.70. The predicted molar refractivity (Wildman–Crippen MR) is 88.0 cm³/mol. The van der Waals surface area contributed by atoms with Gasteiger partial charge in [0.25, 0.3) is 0 Å². The van der Waals surface area contributed by atoms with Crippen molar-refractivity contribution in [2.24, 2.45) is 11.3 Å². The smallest absolute Gasteiger partial charge is 0.407 e. The number of halogens is 1. The largest absolute Gasteiger partial charge is 0.447 e. The number of hydrogen-bond donors (Lipinski definition) is 2. The fourth-order valence-corrected chi connectivity index (χ4v) is 3.98. The molecule has 24 heavy (non-hydrogen) atoms. The van der Waals surface area contributed by atoms with Crippen molar-refractivity contribution in [1.29, 1.82) is 0 Å². The van der Waals surface area contributed by atoms with Crippen molar-refractivity contribution in [2.45, 2.75) is 51.7 Å². The summed E-state index contributed by atoms with van der Waals surface area (Å²) in [6.07, 6.45) is 1.86. The average Bonchev–Trinajstić information content (AvgIpc) is 2.42. The number of ether oxygens (including phenoxy) is 1. The topological polar surface area (TPSA) is 67.4 Å². The lowest BCUT2D eigenvalue weighted by molar-refractivity contribution is -0.185. The van der Waals surface area contributed by atoms with Crippen molar-refractivity contribution in [3.8, 4) is 0 Å². The number of carbonyl (C=O) groups excluding carboxylic acids is 2. The zero-order valence-electron chi connectivity index (χ0n) is 14.2. The van der Waals surface area contributed by atoms with E-state index < -0.39 is 0 Å². The number of hydrogen-bond acceptors (Lipinski definition) is 3. The highest BCUT2D eigenvalue weighted by atomic mass is 19.1. The minimum atomic E-state index is -0.387. The fraction of sp³-hybridized carbons (Fsp3) is 0.556. The summed E-state index contributed by atoms with van der Waals surface area (Å²) in [5, 5.41) is 5.76. The van der Waals surface area contributed by atoms with Gasteiger partial charge in [-0.25, -0.2) is 9.18 Å². The van der Waals surface area contributed by atoms with Gasteiger partial charge in [0, 0.05) is 17.1 Å². The van der Waals surface area contributed by atoms with E-state index in [1.54, 1.807) is 12.1 Å². The van der Waals surface area contributed by atoms with Crippen LogP contribution in [0.15, 0.2) is 24.3 Å². The quantitative estimate of drug-likeness (QED) is 0.866. The Morgan fingerprint density at radius 2 is 1.71 bits per heavy atom. The molecule has 3 aliphatic rings. The molecule has 0 aliphatic heterocycles. The average molecular weight is 334 g/mol. The molecule has 0 unspecified atom stereocenters. The molecule has 130 valence electrons. The van der Waals surface area contributed by atoms with Crippen molar-refractivity contribution < 1.29 is 18.7 Å². The minimum absolute atomic E-state index is 0.0464. The number of alkyl carbamates (subject to hydrolysis) is 1. The number of carbonyl (C=O) groups is 2. The van der Waals surface area contributed by atoms with Gasteiger partial charge < -0.3 is 15.4 Å². The van der Waals surface area contributed by atoms with Gasteiger partial charge in [-0.05, 0) is 62.8 Å². The minimum Gasteiger partial charge on any atom is -0.447 e.